The van der Waals surface area contributed by atoms with Gasteiger partial charge in [0, 0.05) is 7.05 Å². The largest absolute Gasteiger partial charge is 0.486 e. The Morgan fingerprint density at radius 2 is 2.08 bits per heavy atom. The van der Waals surface area contributed by atoms with Crippen molar-refractivity contribution in [3.8, 4) is 11.5 Å². The second-order valence-electron chi connectivity index (χ2n) is 5.39. The van der Waals surface area contributed by atoms with E-state index >= 15 is 0 Å². The number of benzene rings is 1. The molecular weight excluding hydrogens is 350 g/mol. The maximum absolute atomic E-state index is 12.2. The lowest BCUT2D eigenvalue weighted by Crippen LogP contribution is -2.30. The van der Waals surface area contributed by atoms with Gasteiger partial charge in [-0.15, -0.1) is 0 Å². The summed E-state index contributed by atoms with van der Waals surface area (Å²) in [4.78, 5) is 25.6. The molecule has 0 saturated heterocycles. The molecule has 0 bridgehead atoms. The molecule has 0 saturated carbocycles. The molecule has 0 fully saturated rings. The molecule has 0 aliphatic carbocycles. The van der Waals surface area contributed by atoms with Crippen LogP contribution >= 0.6 is 11.6 Å². The van der Waals surface area contributed by atoms with Crippen LogP contribution < -0.4 is 9.47 Å². The van der Waals surface area contributed by atoms with Crippen molar-refractivity contribution in [2.45, 2.75) is 6.54 Å². The van der Waals surface area contributed by atoms with Crippen LogP contribution in [0, 0.1) is 0 Å². The molecule has 1 aromatic carbocycles. The zero-order valence-corrected chi connectivity index (χ0v) is 14.2. The van der Waals surface area contributed by atoms with E-state index < -0.39 is 5.97 Å². The summed E-state index contributed by atoms with van der Waals surface area (Å²) in [6, 6.07) is 6.40. The van der Waals surface area contributed by atoms with E-state index in [-0.39, 0.29) is 23.1 Å². The molecular formula is C17H16ClNO6. The molecule has 1 aromatic heterocycles. The van der Waals surface area contributed by atoms with Gasteiger partial charge in [0.1, 0.15) is 19.0 Å². The number of halogens is 1. The Balaban J connectivity index is 1.59. The van der Waals surface area contributed by atoms with Crippen LogP contribution in [0.2, 0.25) is 5.02 Å². The number of ether oxygens (including phenoxy) is 3. The van der Waals surface area contributed by atoms with Gasteiger partial charge in [-0.3, -0.25) is 4.79 Å². The smallest absolute Gasteiger partial charge is 0.338 e. The first-order valence-corrected chi connectivity index (χ1v) is 7.95. The Morgan fingerprint density at radius 3 is 2.84 bits per heavy atom. The molecule has 25 heavy (non-hydrogen) atoms. The lowest BCUT2D eigenvalue weighted by Gasteiger charge is -2.20. The molecule has 0 unspecified atom stereocenters. The van der Waals surface area contributed by atoms with E-state index in [9.17, 15) is 9.59 Å². The molecule has 3 rings (SSSR count). The van der Waals surface area contributed by atoms with E-state index in [4.69, 9.17) is 30.2 Å². The highest BCUT2D eigenvalue weighted by atomic mass is 35.5. The van der Waals surface area contributed by atoms with E-state index in [1.165, 1.54) is 23.3 Å². The van der Waals surface area contributed by atoms with E-state index in [1.54, 1.807) is 19.2 Å². The van der Waals surface area contributed by atoms with Crippen LogP contribution in [0.25, 0.3) is 0 Å². The van der Waals surface area contributed by atoms with Gasteiger partial charge in [0.05, 0.1) is 23.4 Å². The third-order valence-corrected chi connectivity index (χ3v) is 3.84. The van der Waals surface area contributed by atoms with E-state index in [0.717, 1.165) is 0 Å². The number of carbonyl (C=O) groups excluding carboxylic acids is 2. The first-order chi connectivity index (χ1) is 12.0. The zero-order chi connectivity index (χ0) is 17.8. The summed E-state index contributed by atoms with van der Waals surface area (Å²) in [5.74, 6) is 0.401. The van der Waals surface area contributed by atoms with Crippen LogP contribution in [0.4, 0.5) is 0 Å². The molecule has 8 heteroatoms. The Hall–Kier alpha value is -2.67. The fourth-order valence-electron chi connectivity index (χ4n) is 2.27. The predicted octanol–water partition coefficient (Wildman–Crippen LogP) is 2.52. The van der Waals surface area contributed by atoms with Crippen LogP contribution in [0.15, 0.2) is 34.9 Å². The zero-order valence-electron chi connectivity index (χ0n) is 13.5. The molecule has 1 aliphatic rings. The highest BCUT2D eigenvalue weighted by Crippen LogP contribution is 2.38. The van der Waals surface area contributed by atoms with Gasteiger partial charge in [0.25, 0.3) is 5.91 Å². The normalized spacial score (nSPS) is 12.6. The third kappa shape index (κ3) is 4.06. The van der Waals surface area contributed by atoms with Gasteiger partial charge in [-0.05, 0) is 24.3 Å². The van der Waals surface area contributed by atoms with Crippen molar-refractivity contribution in [1.29, 1.82) is 0 Å². The fraction of sp³-hybridized carbons (Fsp3) is 0.294. The number of carbonyl (C=O) groups is 2. The second-order valence-corrected chi connectivity index (χ2v) is 5.79. The first-order valence-electron chi connectivity index (χ1n) is 7.57. The summed E-state index contributed by atoms with van der Waals surface area (Å²) in [6.07, 6.45) is 1.53. The van der Waals surface area contributed by atoms with Gasteiger partial charge in [-0.2, -0.15) is 0 Å². The van der Waals surface area contributed by atoms with Gasteiger partial charge in [-0.1, -0.05) is 11.6 Å². The lowest BCUT2D eigenvalue weighted by atomic mass is 10.2. The minimum Gasteiger partial charge on any atom is -0.486 e. The maximum Gasteiger partial charge on any atom is 0.338 e. The number of nitrogens with zero attached hydrogens (tertiary/aromatic N) is 1. The molecule has 2 heterocycles. The first kappa shape index (κ1) is 17.2. The van der Waals surface area contributed by atoms with Gasteiger partial charge >= 0.3 is 5.97 Å². The Morgan fingerprint density at radius 1 is 1.28 bits per heavy atom. The number of amides is 1. The van der Waals surface area contributed by atoms with Gasteiger partial charge in [-0.25, -0.2) is 4.79 Å². The quantitative estimate of drug-likeness (QED) is 0.758. The molecule has 0 radical (unpaired) electrons. The SMILES string of the molecule is CN(Cc1ccco1)C(=O)COC(=O)c1cc(Cl)c2c(c1)OCCO2. The van der Waals surface area contributed by atoms with Gasteiger partial charge < -0.3 is 23.5 Å². The molecule has 2 aromatic rings. The second kappa shape index (κ2) is 7.48. The molecule has 1 amide bonds. The number of fused-ring (bicyclic) bond motifs is 1. The Kier molecular flexibility index (Phi) is 5.14. The van der Waals surface area contributed by atoms with E-state index in [2.05, 4.69) is 0 Å². The van der Waals surface area contributed by atoms with Crippen molar-refractivity contribution in [1.82, 2.24) is 4.90 Å². The van der Waals surface area contributed by atoms with Crippen LogP contribution in [0.1, 0.15) is 16.1 Å². The van der Waals surface area contributed by atoms with Crippen molar-refractivity contribution in [3.05, 3.63) is 46.9 Å². The maximum atomic E-state index is 12.2. The molecule has 7 nitrogen and oxygen atoms in total. The minimum absolute atomic E-state index is 0.190. The molecule has 1 aliphatic heterocycles. The molecule has 0 N–H and O–H groups in total. The summed E-state index contributed by atoms with van der Waals surface area (Å²) >= 11 is 6.09. The van der Waals surface area contributed by atoms with Crippen molar-refractivity contribution in [3.63, 3.8) is 0 Å². The Labute approximate surface area is 149 Å². The van der Waals surface area contributed by atoms with E-state index in [1.807, 2.05) is 0 Å². The van der Waals surface area contributed by atoms with Crippen LogP contribution in [0.3, 0.4) is 0 Å². The topological polar surface area (TPSA) is 78.2 Å². The Bertz CT molecular complexity index is 774. The summed E-state index contributed by atoms with van der Waals surface area (Å²) < 4.78 is 21.0. The highest BCUT2D eigenvalue weighted by Gasteiger charge is 2.21. The van der Waals surface area contributed by atoms with Crippen LogP contribution in [0.5, 0.6) is 11.5 Å². The lowest BCUT2D eigenvalue weighted by molar-refractivity contribution is -0.133. The number of esters is 1. The van der Waals surface area contributed by atoms with Gasteiger partial charge in [0.2, 0.25) is 0 Å². The number of rotatable bonds is 5. The van der Waals surface area contributed by atoms with Crippen molar-refractivity contribution in [2.75, 3.05) is 26.9 Å². The average Bonchev–Trinajstić information content (AvgIpc) is 3.12. The van der Waals surface area contributed by atoms with E-state index in [0.29, 0.717) is 37.0 Å². The van der Waals surface area contributed by atoms with Crippen molar-refractivity contribution < 1.29 is 28.2 Å². The third-order valence-electron chi connectivity index (χ3n) is 3.56. The highest BCUT2D eigenvalue weighted by molar-refractivity contribution is 6.32. The van der Waals surface area contributed by atoms with Crippen molar-refractivity contribution >= 4 is 23.5 Å². The summed E-state index contributed by atoms with van der Waals surface area (Å²) in [5, 5.41) is 0.255. The van der Waals surface area contributed by atoms with Gasteiger partial charge in [0.15, 0.2) is 18.1 Å². The summed E-state index contributed by atoms with van der Waals surface area (Å²) in [6.45, 7) is 0.673. The number of furan rings is 1. The van der Waals surface area contributed by atoms with Crippen LogP contribution in [-0.2, 0) is 16.1 Å². The predicted molar refractivity (Wildman–Crippen MR) is 87.9 cm³/mol. The van der Waals surface area contributed by atoms with Crippen molar-refractivity contribution in [2.24, 2.45) is 0 Å². The number of hydrogen-bond donors (Lipinski definition) is 0. The number of likely N-dealkylation sites (N-methyl/N-ethyl adjacent to an activating group) is 1. The molecule has 0 spiro atoms. The van der Waals surface area contributed by atoms with Crippen LogP contribution in [-0.4, -0.2) is 43.6 Å². The minimum atomic E-state index is -0.668. The monoisotopic (exact) mass is 365 g/mol. The summed E-state index contributed by atoms with van der Waals surface area (Å²) in [7, 11) is 1.60. The average molecular weight is 366 g/mol. The standard InChI is InChI=1S/C17H16ClNO6/c1-19(9-12-3-2-4-22-12)15(20)10-25-17(21)11-7-13(18)16-14(8-11)23-5-6-24-16/h2-4,7-8H,5-6,9-10H2,1H3. The molecule has 132 valence electrons. The number of hydrogen-bond acceptors (Lipinski definition) is 6. The molecule has 0 atom stereocenters. The summed E-state index contributed by atoms with van der Waals surface area (Å²) in [5.41, 5.74) is 0.190. The fourth-order valence-corrected chi connectivity index (χ4v) is 2.54.